The van der Waals surface area contributed by atoms with Gasteiger partial charge in [0.1, 0.15) is 17.1 Å². The topological polar surface area (TPSA) is 38.1 Å². The number of hydrogen-bond acceptors (Lipinski definition) is 5. The SMILES string of the molecule is Cc1ccc(CN2CCOCC3(CCC(CN(C)C(C)C)O3)C2)o1. The average Bonchev–Trinajstić information content (AvgIpc) is 3.04. The smallest absolute Gasteiger partial charge is 0.118 e. The van der Waals surface area contributed by atoms with E-state index in [1.54, 1.807) is 0 Å². The zero-order valence-electron chi connectivity index (χ0n) is 15.6. The van der Waals surface area contributed by atoms with E-state index < -0.39 is 0 Å². The molecule has 2 fully saturated rings. The van der Waals surface area contributed by atoms with Gasteiger partial charge in [-0.3, -0.25) is 4.90 Å². The summed E-state index contributed by atoms with van der Waals surface area (Å²) in [5.74, 6) is 2.00. The minimum Gasteiger partial charge on any atom is -0.465 e. The Morgan fingerprint density at radius 2 is 2.21 bits per heavy atom. The quantitative estimate of drug-likeness (QED) is 0.826. The van der Waals surface area contributed by atoms with Crippen LogP contribution >= 0.6 is 0 Å². The van der Waals surface area contributed by atoms with Gasteiger partial charge in [0.25, 0.3) is 0 Å². The zero-order valence-corrected chi connectivity index (χ0v) is 15.6. The Kier molecular flexibility index (Phi) is 5.65. The molecule has 1 spiro atoms. The van der Waals surface area contributed by atoms with E-state index in [4.69, 9.17) is 13.9 Å². The van der Waals surface area contributed by atoms with E-state index in [1.807, 2.05) is 13.0 Å². The lowest BCUT2D eigenvalue weighted by Crippen LogP contribution is -2.45. The molecule has 0 amide bonds. The Hall–Kier alpha value is -0.880. The molecule has 3 heterocycles. The van der Waals surface area contributed by atoms with Crippen LogP contribution in [0.5, 0.6) is 0 Å². The highest BCUT2D eigenvalue weighted by molar-refractivity contribution is 5.06. The fourth-order valence-electron chi connectivity index (χ4n) is 3.69. The van der Waals surface area contributed by atoms with Crippen molar-refractivity contribution < 1.29 is 13.9 Å². The number of nitrogens with zero attached hydrogens (tertiary/aromatic N) is 2. The number of aryl methyl sites for hydroxylation is 1. The van der Waals surface area contributed by atoms with Crippen LogP contribution in [0.1, 0.15) is 38.2 Å². The third kappa shape index (κ3) is 4.39. The minimum atomic E-state index is -0.152. The molecule has 5 heteroatoms. The monoisotopic (exact) mass is 336 g/mol. The lowest BCUT2D eigenvalue weighted by molar-refractivity contribution is -0.0927. The number of furan rings is 1. The summed E-state index contributed by atoms with van der Waals surface area (Å²) in [6, 6.07) is 4.65. The Morgan fingerprint density at radius 1 is 1.38 bits per heavy atom. The Bertz CT molecular complexity index is 530. The number of ether oxygens (including phenoxy) is 2. The second-order valence-corrected chi connectivity index (χ2v) is 7.77. The van der Waals surface area contributed by atoms with Gasteiger partial charge in [-0.15, -0.1) is 0 Å². The third-order valence-electron chi connectivity index (χ3n) is 5.32. The summed E-state index contributed by atoms with van der Waals surface area (Å²) in [6.45, 7) is 11.6. The molecule has 2 aliphatic rings. The van der Waals surface area contributed by atoms with Gasteiger partial charge in [-0.2, -0.15) is 0 Å². The lowest BCUT2D eigenvalue weighted by Gasteiger charge is -2.32. The highest BCUT2D eigenvalue weighted by Crippen LogP contribution is 2.34. The van der Waals surface area contributed by atoms with Crippen molar-refractivity contribution in [1.29, 1.82) is 0 Å². The molecule has 5 nitrogen and oxygen atoms in total. The van der Waals surface area contributed by atoms with E-state index in [9.17, 15) is 0 Å². The first kappa shape index (κ1) is 17.9. The predicted octanol–water partition coefficient (Wildman–Crippen LogP) is 2.68. The second kappa shape index (κ2) is 7.56. The van der Waals surface area contributed by atoms with Crippen LogP contribution in [0, 0.1) is 6.92 Å². The molecular weight excluding hydrogens is 304 g/mol. The summed E-state index contributed by atoms with van der Waals surface area (Å²) in [5, 5.41) is 0. The summed E-state index contributed by atoms with van der Waals surface area (Å²) in [7, 11) is 2.17. The van der Waals surface area contributed by atoms with Crippen LogP contribution in [0.3, 0.4) is 0 Å². The van der Waals surface area contributed by atoms with E-state index in [-0.39, 0.29) is 5.60 Å². The Morgan fingerprint density at radius 3 is 2.92 bits per heavy atom. The molecule has 24 heavy (non-hydrogen) atoms. The number of likely N-dealkylation sites (N-methyl/N-ethyl adjacent to an activating group) is 1. The van der Waals surface area contributed by atoms with Crippen LogP contribution in [-0.2, 0) is 16.0 Å². The largest absolute Gasteiger partial charge is 0.465 e. The maximum atomic E-state index is 6.52. The molecule has 2 unspecified atom stereocenters. The fraction of sp³-hybridized carbons (Fsp3) is 0.789. The fourth-order valence-corrected chi connectivity index (χ4v) is 3.69. The lowest BCUT2D eigenvalue weighted by atomic mass is 10.00. The maximum absolute atomic E-state index is 6.52. The van der Waals surface area contributed by atoms with Crippen molar-refractivity contribution in [2.24, 2.45) is 0 Å². The zero-order chi connectivity index (χ0) is 17.2. The molecule has 0 aromatic carbocycles. The van der Waals surface area contributed by atoms with Crippen molar-refractivity contribution in [3.8, 4) is 0 Å². The van der Waals surface area contributed by atoms with Crippen LogP contribution < -0.4 is 0 Å². The normalized spacial score (nSPS) is 29.0. The highest BCUT2D eigenvalue weighted by Gasteiger charge is 2.43. The molecule has 136 valence electrons. The van der Waals surface area contributed by atoms with Crippen molar-refractivity contribution in [2.45, 2.75) is 57.9 Å². The minimum absolute atomic E-state index is 0.152. The summed E-state index contributed by atoms with van der Waals surface area (Å²) >= 11 is 0. The van der Waals surface area contributed by atoms with Gasteiger partial charge in [0.05, 0.1) is 25.9 Å². The summed E-state index contributed by atoms with van der Waals surface area (Å²) in [4.78, 5) is 4.78. The van der Waals surface area contributed by atoms with Crippen LogP contribution in [-0.4, -0.2) is 67.4 Å². The van der Waals surface area contributed by atoms with Crippen molar-refractivity contribution in [1.82, 2.24) is 9.80 Å². The molecule has 3 rings (SSSR count). The van der Waals surface area contributed by atoms with Gasteiger partial charge in [0.15, 0.2) is 0 Å². The van der Waals surface area contributed by atoms with Crippen LogP contribution in [0.2, 0.25) is 0 Å². The average molecular weight is 336 g/mol. The molecule has 0 bridgehead atoms. The van der Waals surface area contributed by atoms with Crippen molar-refractivity contribution >= 4 is 0 Å². The standard InChI is InChI=1S/C19H32N2O3/c1-15(2)20(4)11-18-7-8-19(24-18)13-21(9-10-22-14-19)12-17-6-5-16(3)23-17/h5-6,15,18H,7-14H2,1-4H3. The van der Waals surface area contributed by atoms with Gasteiger partial charge >= 0.3 is 0 Å². The molecule has 1 aromatic rings. The van der Waals surface area contributed by atoms with E-state index in [2.05, 4.69) is 36.8 Å². The molecule has 0 N–H and O–H groups in total. The molecule has 0 saturated carbocycles. The van der Waals surface area contributed by atoms with Gasteiger partial charge < -0.3 is 18.8 Å². The molecule has 0 aliphatic carbocycles. The van der Waals surface area contributed by atoms with Crippen LogP contribution in [0.15, 0.2) is 16.5 Å². The predicted molar refractivity (Wildman–Crippen MR) is 94.1 cm³/mol. The molecule has 2 aliphatic heterocycles. The second-order valence-electron chi connectivity index (χ2n) is 7.77. The molecular formula is C19H32N2O3. The van der Waals surface area contributed by atoms with Gasteiger partial charge in [-0.05, 0) is 52.8 Å². The van der Waals surface area contributed by atoms with Crippen LogP contribution in [0.4, 0.5) is 0 Å². The van der Waals surface area contributed by atoms with Crippen molar-refractivity contribution in [3.63, 3.8) is 0 Å². The number of rotatable bonds is 5. The van der Waals surface area contributed by atoms with Gasteiger partial charge in [-0.25, -0.2) is 0 Å². The number of hydrogen-bond donors (Lipinski definition) is 0. The summed E-state index contributed by atoms with van der Waals surface area (Å²) < 4.78 is 18.2. The summed E-state index contributed by atoms with van der Waals surface area (Å²) in [6.07, 6.45) is 2.51. The Labute approximate surface area is 145 Å². The van der Waals surface area contributed by atoms with Crippen molar-refractivity contribution in [3.05, 3.63) is 23.7 Å². The summed E-state index contributed by atoms with van der Waals surface area (Å²) in [5.41, 5.74) is -0.152. The molecule has 0 radical (unpaired) electrons. The van der Waals surface area contributed by atoms with E-state index in [0.717, 1.165) is 57.1 Å². The first-order valence-corrected chi connectivity index (χ1v) is 9.19. The van der Waals surface area contributed by atoms with Gasteiger partial charge in [0.2, 0.25) is 0 Å². The molecule has 1 aromatic heterocycles. The first-order chi connectivity index (χ1) is 11.5. The van der Waals surface area contributed by atoms with E-state index in [0.29, 0.717) is 18.8 Å². The maximum Gasteiger partial charge on any atom is 0.118 e. The van der Waals surface area contributed by atoms with Crippen molar-refractivity contribution in [2.75, 3.05) is 39.9 Å². The first-order valence-electron chi connectivity index (χ1n) is 9.19. The van der Waals surface area contributed by atoms with E-state index >= 15 is 0 Å². The third-order valence-corrected chi connectivity index (χ3v) is 5.32. The molecule has 2 atom stereocenters. The van der Waals surface area contributed by atoms with Gasteiger partial charge in [-0.1, -0.05) is 0 Å². The Balaban J connectivity index is 1.60. The van der Waals surface area contributed by atoms with E-state index in [1.165, 1.54) is 0 Å². The van der Waals surface area contributed by atoms with Gasteiger partial charge in [0, 0.05) is 25.7 Å². The highest BCUT2D eigenvalue weighted by atomic mass is 16.6. The van der Waals surface area contributed by atoms with Crippen LogP contribution in [0.25, 0.3) is 0 Å². The molecule has 2 saturated heterocycles.